The van der Waals surface area contributed by atoms with Gasteiger partial charge in [-0.2, -0.15) is 0 Å². The first-order valence-corrected chi connectivity index (χ1v) is 4.95. The van der Waals surface area contributed by atoms with E-state index in [2.05, 4.69) is 15.9 Å². The number of hydrogen-bond acceptors (Lipinski definition) is 2. The molecule has 0 atom stereocenters. The fourth-order valence-electron chi connectivity index (χ4n) is 1.54. The molecule has 0 N–H and O–H groups in total. The number of carbonyl (C=O) groups excluding carboxylic acids is 2. The standard InChI is InChI=1S/C10H6BBrO2/c11-9-3-5(13)2-8-7(9)1-6(14)4-10(8)12/h1-4H,11H2. The monoisotopic (exact) mass is 248 g/mol. The largest absolute Gasteiger partial charge is 0.290 e. The molecule has 0 bridgehead atoms. The van der Waals surface area contributed by atoms with Crippen molar-refractivity contribution < 1.29 is 9.59 Å². The van der Waals surface area contributed by atoms with Crippen LogP contribution < -0.4 is 0 Å². The van der Waals surface area contributed by atoms with Gasteiger partial charge in [0.05, 0.1) is 0 Å². The second kappa shape index (κ2) is 3.21. The summed E-state index contributed by atoms with van der Waals surface area (Å²) in [5.41, 5.74) is 2.48. The van der Waals surface area contributed by atoms with Crippen LogP contribution in [0.3, 0.4) is 0 Å². The van der Waals surface area contributed by atoms with E-state index < -0.39 is 0 Å². The summed E-state index contributed by atoms with van der Waals surface area (Å²) in [4.78, 5) is 22.5. The number of fused-ring (bicyclic) bond motifs is 1. The third-order valence-corrected chi connectivity index (χ3v) is 2.83. The Balaban J connectivity index is 2.59. The molecule has 0 amide bonds. The molecule has 0 fully saturated rings. The van der Waals surface area contributed by atoms with Gasteiger partial charge in [-0.1, -0.05) is 21.4 Å². The molecule has 0 radical (unpaired) electrons. The average Bonchev–Trinajstić information content (AvgIpc) is 2.07. The smallest absolute Gasteiger partial charge is 0.180 e. The van der Waals surface area contributed by atoms with Crippen LogP contribution in [0.2, 0.25) is 0 Å². The molecule has 0 saturated heterocycles. The highest BCUT2D eigenvalue weighted by atomic mass is 79.9. The van der Waals surface area contributed by atoms with E-state index in [0.717, 1.165) is 16.6 Å². The molecule has 0 heterocycles. The van der Waals surface area contributed by atoms with Crippen molar-refractivity contribution in [1.82, 2.24) is 0 Å². The van der Waals surface area contributed by atoms with Crippen molar-refractivity contribution in [3.63, 3.8) is 0 Å². The Hall–Kier alpha value is -1.16. The molecule has 0 aromatic rings. The van der Waals surface area contributed by atoms with Gasteiger partial charge in [0.25, 0.3) is 0 Å². The second-order valence-electron chi connectivity index (χ2n) is 3.24. The molecule has 68 valence electrons. The van der Waals surface area contributed by atoms with Gasteiger partial charge in [0, 0.05) is 10.6 Å². The van der Waals surface area contributed by atoms with Crippen molar-refractivity contribution in [2.45, 2.75) is 0 Å². The van der Waals surface area contributed by atoms with Crippen LogP contribution in [-0.4, -0.2) is 19.4 Å². The lowest BCUT2D eigenvalue weighted by Gasteiger charge is -2.18. The zero-order valence-electron chi connectivity index (χ0n) is 7.50. The summed E-state index contributed by atoms with van der Waals surface area (Å²) in [5, 5.41) is 0. The fraction of sp³-hybridized carbons (Fsp3) is 0. The maximum atomic E-state index is 11.2. The van der Waals surface area contributed by atoms with E-state index in [4.69, 9.17) is 0 Å². The summed E-state index contributed by atoms with van der Waals surface area (Å²) in [6.07, 6.45) is 6.09. The summed E-state index contributed by atoms with van der Waals surface area (Å²) in [7, 11) is 1.83. The lowest BCUT2D eigenvalue weighted by molar-refractivity contribution is -0.111. The average molecular weight is 249 g/mol. The quantitative estimate of drug-likeness (QED) is 0.595. The minimum absolute atomic E-state index is 0.0330. The lowest BCUT2D eigenvalue weighted by atomic mass is 9.78. The van der Waals surface area contributed by atoms with Crippen molar-refractivity contribution >= 4 is 35.3 Å². The predicted octanol–water partition coefficient (Wildman–Crippen LogP) is 0.800. The van der Waals surface area contributed by atoms with Gasteiger partial charge in [-0.25, -0.2) is 0 Å². The van der Waals surface area contributed by atoms with Gasteiger partial charge in [-0.05, 0) is 29.4 Å². The Morgan fingerprint density at radius 1 is 0.929 bits per heavy atom. The highest BCUT2D eigenvalue weighted by molar-refractivity contribution is 9.12. The third kappa shape index (κ3) is 1.46. The fourth-order valence-corrected chi connectivity index (χ4v) is 2.09. The van der Waals surface area contributed by atoms with Crippen molar-refractivity contribution in [3.05, 3.63) is 45.4 Å². The van der Waals surface area contributed by atoms with Gasteiger partial charge < -0.3 is 0 Å². The van der Waals surface area contributed by atoms with Crippen LogP contribution in [-0.2, 0) is 9.59 Å². The van der Waals surface area contributed by atoms with Gasteiger partial charge in [0.15, 0.2) is 11.6 Å². The molecule has 0 aliphatic heterocycles. The first kappa shape index (κ1) is 9.40. The van der Waals surface area contributed by atoms with E-state index in [1.165, 1.54) is 18.2 Å². The minimum Gasteiger partial charge on any atom is -0.290 e. The highest BCUT2D eigenvalue weighted by Crippen LogP contribution is 2.33. The van der Waals surface area contributed by atoms with E-state index in [-0.39, 0.29) is 11.6 Å². The summed E-state index contributed by atoms with van der Waals surface area (Å²) in [6.45, 7) is 0. The molecule has 4 heteroatoms. The molecular weight excluding hydrogens is 243 g/mol. The van der Waals surface area contributed by atoms with Crippen molar-refractivity contribution in [2.75, 3.05) is 0 Å². The maximum absolute atomic E-state index is 11.2. The molecule has 2 aliphatic carbocycles. The van der Waals surface area contributed by atoms with E-state index >= 15 is 0 Å². The summed E-state index contributed by atoms with van der Waals surface area (Å²) in [6, 6.07) is 0. The normalized spacial score (nSPS) is 20.6. The van der Waals surface area contributed by atoms with Crippen LogP contribution in [0.15, 0.2) is 45.4 Å². The van der Waals surface area contributed by atoms with Gasteiger partial charge in [-0.3, -0.25) is 9.59 Å². The van der Waals surface area contributed by atoms with Gasteiger partial charge in [0.2, 0.25) is 0 Å². The number of hydrogen-bond donors (Lipinski definition) is 0. The zero-order chi connectivity index (χ0) is 10.3. The van der Waals surface area contributed by atoms with Crippen LogP contribution in [0.25, 0.3) is 0 Å². The Bertz CT molecular complexity index is 423. The number of rotatable bonds is 0. The molecule has 0 saturated carbocycles. The molecule has 2 aliphatic rings. The zero-order valence-corrected chi connectivity index (χ0v) is 9.09. The molecular formula is C10H6BBrO2. The topological polar surface area (TPSA) is 34.1 Å². The molecule has 2 rings (SSSR count). The van der Waals surface area contributed by atoms with Crippen LogP contribution >= 0.6 is 15.9 Å². The van der Waals surface area contributed by atoms with Crippen LogP contribution in [0.5, 0.6) is 0 Å². The Morgan fingerprint density at radius 2 is 1.50 bits per heavy atom. The lowest BCUT2D eigenvalue weighted by Crippen LogP contribution is -2.11. The van der Waals surface area contributed by atoms with E-state index in [0.29, 0.717) is 4.48 Å². The van der Waals surface area contributed by atoms with Crippen LogP contribution in [0.1, 0.15) is 0 Å². The highest BCUT2D eigenvalue weighted by Gasteiger charge is 2.21. The maximum Gasteiger partial charge on any atom is 0.180 e. The third-order valence-electron chi connectivity index (χ3n) is 2.17. The number of allylic oxidation sites excluding steroid dienone is 8. The Labute approximate surface area is 90.6 Å². The second-order valence-corrected chi connectivity index (χ2v) is 4.09. The van der Waals surface area contributed by atoms with Crippen LogP contribution in [0.4, 0.5) is 0 Å². The molecule has 0 aromatic heterocycles. The van der Waals surface area contributed by atoms with Gasteiger partial charge >= 0.3 is 0 Å². The summed E-state index contributed by atoms with van der Waals surface area (Å²) >= 11 is 3.28. The van der Waals surface area contributed by atoms with Gasteiger partial charge in [-0.15, -0.1) is 0 Å². The number of carbonyl (C=O) groups is 2. The first-order chi connectivity index (χ1) is 6.58. The molecule has 0 aromatic carbocycles. The number of halogens is 1. The number of ketones is 2. The van der Waals surface area contributed by atoms with E-state index in [1.54, 1.807) is 6.08 Å². The first-order valence-electron chi connectivity index (χ1n) is 4.16. The van der Waals surface area contributed by atoms with Crippen LogP contribution in [0, 0.1) is 0 Å². The SMILES string of the molecule is BC1=CC(=O)C=C2C(Br)=CC(=O)C=C12. The van der Waals surface area contributed by atoms with Gasteiger partial charge in [0.1, 0.15) is 7.85 Å². The summed E-state index contributed by atoms with van der Waals surface area (Å²) in [5.74, 6) is -0.0829. The molecule has 14 heavy (non-hydrogen) atoms. The Morgan fingerprint density at radius 3 is 2.21 bits per heavy atom. The van der Waals surface area contributed by atoms with Crippen molar-refractivity contribution in [3.8, 4) is 0 Å². The van der Waals surface area contributed by atoms with Crippen molar-refractivity contribution in [1.29, 1.82) is 0 Å². The molecule has 2 nitrogen and oxygen atoms in total. The minimum atomic E-state index is -0.0499. The Kier molecular flexibility index (Phi) is 2.15. The predicted molar refractivity (Wildman–Crippen MR) is 59.8 cm³/mol. The van der Waals surface area contributed by atoms with E-state index in [1.807, 2.05) is 7.85 Å². The molecule has 0 unspecified atom stereocenters. The van der Waals surface area contributed by atoms with E-state index in [9.17, 15) is 9.59 Å². The summed E-state index contributed by atoms with van der Waals surface area (Å²) < 4.78 is 0.681. The van der Waals surface area contributed by atoms with Crippen molar-refractivity contribution in [2.24, 2.45) is 0 Å². The molecule has 0 spiro atoms.